The van der Waals surface area contributed by atoms with E-state index in [4.69, 9.17) is 4.52 Å². The van der Waals surface area contributed by atoms with Crippen LogP contribution in [0.2, 0.25) is 0 Å². The van der Waals surface area contributed by atoms with Gasteiger partial charge in [0.15, 0.2) is 11.8 Å². The molecule has 148 valence electrons. The Labute approximate surface area is 162 Å². The second kappa shape index (κ2) is 10.7. The molecule has 0 amide bonds. The minimum absolute atomic E-state index is 0.189. The lowest BCUT2D eigenvalue weighted by Crippen LogP contribution is -2.38. The van der Waals surface area contributed by atoms with Gasteiger partial charge in [-0.15, -0.1) is 0 Å². The van der Waals surface area contributed by atoms with Crippen molar-refractivity contribution in [1.29, 1.82) is 0 Å². The topological polar surface area (TPSA) is 75.3 Å². The molecule has 1 aromatic heterocycles. The molecule has 2 rings (SSSR count). The molecule has 1 atom stereocenters. The number of guanidine groups is 1. The van der Waals surface area contributed by atoms with E-state index < -0.39 is 0 Å². The van der Waals surface area contributed by atoms with Crippen LogP contribution in [-0.2, 0) is 12.8 Å². The number of nitrogens with one attached hydrogen (secondary N) is 2. The van der Waals surface area contributed by atoms with Gasteiger partial charge in [0.2, 0.25) is 5.89 Å². The van der Waals surface area contributed by atoms with Crippen LogP contribution in [0.15, 0.2) is 33.8 Å². The lowest BCUT2D eigenvalue weighted by atomic mass is 10.00. The summed E-state index contributed by atoms with van der Waals surface area (Å²) in [5, 5.41) is 10.6. The highest BCUT2D eigenvalue weighted by atomic mass is 16.5. The smallest absolute Gasteiger partial charge is 0.226 e. The number of hydrogen-bond donors (Lipinski definition) is 2. The van der Waals surface area contributed by atoms with Crippen LogP contribution in [0.25, 0.3) is 0 Å². The molecule has 0 aliphatic heterocycles. The van der Waals surface area contributed by atoms with Gasteiger partial charge in [-0.25, -0.2) is 0 Å². The average molecular weight is 372 g/mol. The Morgan fingerprint density at radius 2 is 1.93 bits per heavy atom. The second-order valence-electron chi connectivity index (χ2n) is 7.31. The predicted octanol–water partition coefficient (Wildman–Crippen LogP) is 3.83. The first-order chi connectivity index (χ1) is 13.0. The molecular formula is C21H33N5O. The van der Waals surface area contributed by atoms with Crippen LogP contribution in [0.5, 0.6) is 0 Å². The zero-order valence-electron chi connectivity index (χ0n) is 17.2. The Morgan fingerprint density at radius 1 is 1.19 bits per heavy atom. The van der Waals surface area contributed by atoms with E-state index in [9.17, 15) is 0 Å². The van der Waals surface area contributed by atoms with E-state index in [0.29, 0.717) is 24.2 Å². The highest BCUT2D eigenvalue weighted by molar-refractivity contribution is 5.80. The van der Waals surface area contributed by atoms with Gasteiger partial charge in [-0.3, -0.25) is 4.99 Å². The van der Waals surface area contributed by atoms with Crippen LogP contribution in [0.4, 0.5) is 0 Å². The van der Waals surface area contributed by atoms with Crippen LogP contribution in [0, 0.1) is 12.8 Å². The second-order valence-corrected chi connectivity index (χ2v) is 7.31. The number of aryl methyl sites for hydroxylation is 2. The van der Waals surface area contributed by atoms with Gasteiger partial charge in [-0.05, 0) is 50.7 Å². The van der Waals surface area contributed by atoms with E-state index in [2.05, 4.69) is 77.7 Å². The predicted molar refractivity (Wildman–Crippen MR) is 110 cm³/mol. The Balaban J connectivity index is 1.87. The van der Waals surface area contributed by atoms with Crippen LogP contribution in [0.3, 0.4) is 0 Å². The van der Waals surface area contributed by atoms with Crippen molar-refractivity contribution < 1.29 is 4.52 Å². The van der Waals surface area contributed by atoms with Gasteiger partial charge >= 0.3 is 0 Å². The van der Waals surface area contributed by atoms with E-state index in [0.717, 1.165) is 31.8 Å². The molecule has 0 saturated carbocycles. The highest BCUT2D eigenvalue weighted by Gasteiger charge is 2.08. The summed E-state index contributed by atoms with van der Waals surface area (Å²) in [5.41, 5.74) is 2.65. The zero-order chi connectivity index (χ0) is 19.6. The Bertz CT molecular complexity index is 706. The van der Waals surface area contributed by atoms with Gasteiger partial charge in [0.25, 0.3) is 0 Å². The van der Waals surface area contributed by atoms with Gasteiger partial charge in [0.05, 0.1) is 6.04 Å². The summed E-state index contributed by atoms with van der Waals surface area (Å²) in [5.74, 6) is 2.86. The van der Waals surface area contributed by atoms with Crippen molar-refractivity contribution in [2.75, 3.05) is 13.1 Å². The van der Waals surface area contributed by atoms with E-state index in [1.54, 1.807) is 0 Å². The van der Waals surface area contributed by atoms with Crippen molar-refractivity contribution in [2.24, 2.45) is 10.9 Å². The molecule has 1 heterocycles. The average Bonchev–Trinajstić information content (AvgIpc) is 3.04. The summed E-state index contributed by atoms with van der Waals surface area (Å²) >= 11 is 0. The van der Waals surface area contributed by atoms with Crippen molar-refractivity contribution in [3.63, 3.8) is 0 Å². The molecule has 0 radical (unpaired) electrons. The summed E-state index contributed by atoms with van der Waals surface area (Å²) in [6, 6.07) is 9.05. The Kier molecular flexibility index (Phi) is 8.30. The van der Waals surface area contributed by atoms with Crippen molar-refractivity contribution in [3.05, 3.63) is 47.1 Å². The minimum atomic E-state index is 0.189. The maximum absolute atomic E-state index is 5.13. The minimum Gasteiger partial charge on any atom is -0.357 e. The maximum Gasteiger partial charge on any atom is 0.226 e. The molecule has 6 nitrogen and oxygen atoms in total. The number of benzene rings is 1. The number of hydrogen-bond acceptors (Lipinski definition) is 4. The summed E-state index contributed by atoms with van der Waals surface area (Å²) in [6.07, 6.45) is 2.73. The van der Waals surface area contributed by atoms with E-state index in [1.807, 2.05) is 6.92 Å². The fourth-order valence-electron chi connectivity index (χ4n) is 2.88. The molecule has 27 heavy (non-hydrogen) atoms. The largest absolute Gasteiger partial charge is 0.357 e. The summed E-state index contributed by atoms with van der Waals surface area (Å²) in [6.45, 7) is 12.1. The van der Waals surface area contributed by atoms with Crippen molar-refractivity contribution in [2.45, 2.75) is 59.9 Å². The summed E-state index contributed by atoms with van der Waals surface area (Å²) in [4.78, 5) is 8.88. The molecule has 2 N–H and O–H groups in total. The molecule has 0 bridgehead atoms. The van der Waals surface area contributed by atoms with Crippen LogP contribution in [0.1, 0.15) is 63.0 Å². The molecule has 1 aromatic carbocycles. The summed E-state index contributed by atoms with van der Waals surface area (Å²) in [7, 11) is 0. The monoisotopic (exact) mass is 371 g/mol. The fraction of sp³-hybridized carbons (Fsp3) is 0.571. The first kappa shape index (κ1) is 20.9. The number of nitrogens with zero attached hydrogens (tertiary/aromatic N) is 3. The number of aliphatic imine (C=N–C) groups is 1. The molecule has 0 aliphatic rings. The lowest BCUT2D eigenvalue weighted by molar-refractivity contribution is 0.372. The summed E-state index contributed by atoms with van der Waals surface area (Å²) < 4.78 is 5.13. The SMILES string of the molecule is CCNC(=NCCCc1nc(C)no1)NC(C)c1ccc(CC(C)C)cc1. The third kappa shape index (κ3) is 7.41. The van der Waals surface area contributed by atoms with Crippen LogP contribution in [-0.4, -0.2) is 29.2 Å². The molecule has 0 spiro atoms. The third-order valence-electron chi connectivity index (χ3n) is 4.21. The molecule has 0 saturated heterocycles. The van der Waals surface area contributed by atoms with E-state index in [1.165, 1.54) is 11.1 Å². The Morgan fingerprint density at radius 3 is 2.52 bits per heavy atom. The van der Waals surface area contributed by atoms with Crippen LogP contribution >= 0.6 is 0 Å². The molecule has 0 fully saturated rings. The normalized spacial score (nSPS) is 13.0. The first-order valence-corrected chi connectivity index (χ1v) is 9.90. The maximum atomic E-state index is 5.13. The van der Waals surface area contributed by atoms with E-state index in [-0.39, 0.29) is 6.04 Å². The molecule has 6 heteroatoms. The quantitative estimate of drug-likeness (QED) is 0.398. The van der Waals surface area contributed by atoms with Gasteiger partial charge in [-0.1, -0.05) is 43.3 Å². The van der Waals surface area contributed by atoms with Crippen molar-refractivity contribution in [1.82, 2.24) is 20.8 Å². The number of rotatable bonds is 9. The lowest BCUT2D eigenvalue weighted by Gasteiger charge is -2.18. The zero-order valence-corrected chi connectivity index (χ0v) is 17.2. The van der Waals surface area contributed by atoms with Gasteiger partial charge in [0, 0.05) is 19.5 Å². The first-order valence-electron chi connectivity index (χ1n) is 9.90. The van der Waals surface area contributed by atoms with Gasteiger partial charge in [-0.2, -0.15) is 4.98 Å². The molecule has 0 aliphatic carbocycles. The molecule has 1 unspecified atom stereocenters. The van der Waals surface area contributed by atoms with Gasteiger partial charge in [0.1, 0.15) is 0 Å². The molecule has 2 aromatic rings. The van der Waals surface area contributed by atoms with Gasteiger partial charge < -0.3 is 15.2 Å². The van der Waals surface area contributed by atoms with Crippen molar-refractivity contribution >= 4 is 5.96 Å². The highest BCUT2D eigenvalue weighted by Crippen LogP contribution is 2.15. The van der Waals surface area contributed by atoms with Crippen LogP contribution < -0.4 is 10.6 Å². The van der Waals surface area contributed by atoms with E-state index >= 15 is 0 Å². The number of aromatic nitrogens is 2. The molecular weight excluding hydrogens is 338 g/mol. The van der Waals surface area contributed by atoms with Crippen molar-refractivity contribution in [3.8, 4) is 0 Å². The third-order valence-corrected chi connectivity index (χ3v) is 4.21. The standard InChI is InChI=1S/C21H33N5O/c1-6-22-21(23-13-7-8-20-25-17(5)26-27-20)24-16(4)19-11-9-18(10-12-19)14-15(2)3/h9-12,15-16H,6-8,13-14H2,1-5H3,(H2,22,23,24). The Hall–Kier alpha value is -2.37. The fourth-order valence-corrected chi connectivity index (χ4v) is 2.88.